The molecule has 4 heteroatoms. The predicted molar refractivity (Wildman–Crippen MR) is 91.2 cm³/mol. The third kappa shape index (κ3) is 4.12. The van der Waals surface area contributed by atoms with Gasteiger partial charge in [0.15, 0.2) is 0 Å². The fourth-order valence-corrected chi connectivity index (χ4v) is 3.77. The lowest BCUT2D eigenvalue weighted by Crippen LogP contribution is -2.41. The van der Waals surface area contributed by atoms with Gasteiger partial charge in [-0.05, 0) is 38.8 Å². The Bertz CT molecular complexity index is 540. The van der Waals surface area contributed by atoms with Crippen molar-refractivity contribution in [2.24, 2.45) is 0 Å². The van der Waals surface area contributed by atoms with Gasteiger partial charge in [0.2, 0.25) is 5.91 Å². The second kappa shape index (κ2) is 7.45. The van der Waals surface area contributed by atoms with Crippen molar-refractivity contribution in [1.82, 2.24) is 9.80 Å². The van der Waals surface area contributed by atoms with Crippen LogP contribution in [0.5, 0.6) is 0 Å². The summed E-state index contributed by atoms with van der Waals surface area (Å²) in [6, 6.07) is 9.49. The van der Waals surface area contributed by atoms with Gasteiger partial charge in [-0.15, -0.1) is 0 Å². The van der Waals surface area contributed by atoms with Gasteiger partial charge < -0.3 is 9.64 Å². The first-order chi connectivity index (χ1) is 11.1. The Labute approximate surface area is 139 Å². The Morgan fingerprint density at radius 2 is 2.13 bits per heavy atom. The molecule has 0 aliphatic carbocycles. The molecule has 1 aromatic rings. The summed E-state index contributed by atoms with van der Waals surface area (Å²) in [5, 5.41) is 0. The number of likely N-dealkylation sites (N-methyl/N-ethyl adjacent to an activating group) is 1. The van der Waals surface area contributed by atoms with Crippen molar-refractivity contribution in [1.29, 1.82) is 0 Å². The quantitative estimate of drug-likeness (QED) is 0.856. The SMILES string of the molecule is Cc1cccc(CN2CCC(N(C)C3CCOC3)CCC2=O)c1. The van der Waals surface area contributed by atoms with Gasteiger partial charge in [-0.25, -0.2) is 0 Å². The van der Waals surface area contributed by atoms with Gasteiger partial charge in [0.05, 0.1) is 6.61 Å². The molecular formula is C19H28N2O2. The lowest BCUT2D eigenvalue weighted by molar-refractivity contribution is -0.131. The molecule has 3 rings (SSSR count). The zero-order chi connectivity index (χ0) is 16.2. The summed E-state index contributed by atoms with van der Waals surface area (Å²) in [5.74, 6) is 0.296. The summed E-state index contributed by atoms with van der Waals surface area (Å²) in [6.45, 7) is 5.41. The van der Waals surface area contributed by atoms with Crippen LogP contribution in [0.1, 0.15) is 36.8 Å². The van der Waals surface area contributed by atoms with E-state index in [1.165, 1.54) is 11.1 Å². The topological polar surface area (TPSA) is 32.8 Å². The molecule has 2 atom stereocenters. The molecule has 2 aliphatic rings. The minimum atomic E-state index is 0.296. The van der Waals surface area contributed by atoms with Crippen molar-refractivity contribution in [3.8, 4) is 0 Å². The molecule has 0 aromatic heterocycles. The smallest absolute Gasteiger partial charge is 0.222 e. The molecule has 2 fully saturated rings. The third-order valence-corrected chi connectivity index (χ3v) is 5.29. The molecule has 0 radical (unpaired) electrons. The highest BCUT2D eigenvalue weighted by atomic mass is 16.5. The van der Waals surface area contributed by atoms with Gasteiger partial charge in [0.1, 0.15) is 0 Å². The molecule has 4 nitrogen and oxygen atoms in total. The summed E-state index contributed by atoms with van der Waals surface area (Å²) in [6.07, 6.45) is 3.81. The van der Waals surface area contributed by atoms with Gasteiger partial charge in [0, 0.05) is 38.2 Å². The Hall–Kier alpha value is -1.39. The molecule has 1 amide bonds. The average molecular weight is 316 g/mol. The molecule has 23 heavy (non-hydrogen) atoms. The zero-order valence-electron chi connectivity index (χ0n) is 14.3. The molecule has 2 unspecified atom stereocenters. The Kier molecular flexibility index (Phi) is 5.34. The van der Waals surface area contributed by atoms with E-state index < -0.39 is 0 Å². The highest BCUT2D eigenvalue weighted by Gasteiger charge is 2.30. The standard InChI is InChI=1S/C19H28N2O2/c1-15-4-3-5-16(12-15)13-21-10-8-17(6-7-19(21)22)20(2)18-9-11-23-14-18/h3-5,12,17-18H,6-11,13-14H2,1-2H3. The van der Waals surface area contributed by atoms with Gasteiger partial charge in [-0.1, -0.05) is 29.8 Å². The monoisotopic (exact) mass is 316 g/mol. The number of carbonyl (C=O) groups is 1. The van der Waals surface area contributed by atoms with Crippen molar-refractivity contribution in [2.75, 3.05) is 26.8 Å². The molecule has 1 aromatic carbocycles. The van der Waals surface area contributed by atoms with Crippen LogP contribution in [0, 0.1) is 6.92 Å². The number of aryl methyl sites for hydroxylation is 1. The highest BCUT2D eigenvalue weighted by molar-refractivity contribution is 5.76. The summed E-state index contributed by atoms with van der Waals surface area (Å²) in [5.41, 5.74) is 2.48. The number of amides is 1. The van der Waals surface area contributed by atoms with Crippen LogP contribution in [0.3, 0.4) is 0 Å². The lowest BCUT2D eigenvalue weighted by atomic mass is 10.1. The number of carbonyl (C=O) groups excluding carboxylic acids is 1. The van der Waals surface area contributed by atoms with Crippen LogP contribution in [0.15, 0.2) is 24.3 Å². The predicted octanol–water partition coefficient (Wildman–Crippen LogP) is 2.60. The van der Waals surface area contributed by atoms with E-state index in [4.69, 9.17) is 4.74 Å². The molecule has 126 valence electrons. The molecule has 2 saturated heterocycles. The van der Waals surface area contributed by atoms with Crippen LogP contribution in [0.2, 0.25) is 0 Å². The van der Waals surface area contributed by atoms with Crippen LogP contribution in [-0.2, 0) is 16.1 Å². The average Bonchev–Trinajstić information content (AvgIpc) is 3.01. The van der Waals surface area contributed by atoms with Gasteiger partial charge in [-0.2, -0.15) is 0 Å². The third-order valence-electron chi connectivity index (χ3n) is 5.29. The minimum Gasteiger partial charge on any atom is -0.380 e. The first kappa shape index (κ1) is 16.5. The van der Waals surface area contributed by atoms with E-state index in [2.05, 4.69) is 43.1 Å². The maximum atomic E-state index is 12.5. The maximum absolute atomic E-state index is 12.5. The molecule has 2 heterocycles. The largest absolute Gasteiger partial charge is 0.380 e. The van der Waals surface area contributed by atoms with Gasteiger partial charge in [0.25, 0.3) is 0 Å². The lowest BCUT2D eigenvalue weighted by Gasteiger charge is -2.31. The molecule has 2 aliphatic heterocycles. The molecule has 0 saturated carbocycles. The van der Waals surface area contributed by atoms with E-state index in [1.807, 2.05) is 4.90 Å². The Morgan fingerprint density at radius 3 is 2.87 bits per heavy atom. The second-order valence-electron chi connectivity index (χ2n) is 6.97. The highest BCUT2D eigenvalue weighted by Crippen LogP contribution is 2.23. The summed E-state index contributed by atoms with van der Waals surface area (Å²) in [4.78, 5) is 17.0. The van der Waals surface area contributed by atoms with Crippen molar-refractivity contribution >= 4 is 5.91 Å². The number of rotatable bonds is 4. The zero-order valence-corrected chi connectivity index (χ0v) is 14.3. The van der Waals surface area contributed by atoms with Gasteiger partial charge >= 0.3 is 0 Å². The molecule has 0 N–H and O–H groups in total. The number of likely N-dealkylation sites (tertiary alicyclic amines) is 1. The van der Waals surface area contributed by atoms with E-state index in [0.717, 1.165) is 45.6 Å². The molecule has 0 spiro atoms. The first-order valence-electron chi connectivity index (χ1n) is 8.76. The van der Waals surface area contributed by atoms with Crippen LogP contribution >= 0.6 is 0 Å². The van der Waals surface area contributed by atoms with E-state index >= 15 is 0 Å². The number of hydrogen-bond donors (Lipinski definition) is 0. The van der Waals surface area contributed by atoms with Crippen LogP contribution in [-0.4, -0.2) is 54.6 Å². The fourth-order valence-electron chi connectivity index (χ4n) is 3.77. The van der Waals surface area contributed by atoms with E-state index in [0.29, 0.717) is 24.4 Å². The maximum Gasteiger partial charge on any atom is 0.222 e. The Morgan fingerprint density at radius 1 is 1.26 bits per heavy atom. The van der Waals surface area contributed by atoms with E-state index in [1.54, 1.807) is 0 Å². The summed E-state index contributed by atoms with van der Waals surface area (Å²) < 4.78 is 5.51. The first-order valence-corrected chi connectivity index (χ1v) is 8.76. The van der Waals surface area contributed by atoms with Crippen LogP contribution in [0.4, 0.5) is 0 Å². The normalized spacial score (nSPS) is 25.9. The van der Waals surface area contributed by atoms with Crippen molar-refractivity contribution < 1.29 is 9.53 Å². The van der Waals surface area contributed by atoms with E-state index in [9.17, 15) is 4.79 Å². The fraction of sp³-hybridized carbons (Fsp3) is 0.632. The number of nitrogens with zero attached hydrogens (tertiary/aromatic N) is 2. The van der Waals surface area contributed by atoms with E-state index in [-0.39, 0.29) is 0 Å². The summed E-state index contributed by atoms with van der Waals surface area (Å²) >= 11 is 0. The van der Waals surface area contributed by atoms with Gasteiger partial charge in [-0.3, -0.25) is 9.69 Å². The van der Waals surface area contributed by atoms with Crippen LogP contribution in [0.25, 0.3) is 0 Å². The summed E-state index contributed by atoms with van der Waals surface area (Å²) in [7, 11) is 2.20. The van der Waals surface area contributed by atoms with Crippen molar-refractivity contribution in [2.45, 2.75) is 51.2 Å². The van der Waals surface area contributed by atoms with Crippen molar-refractivity contribution in [3.05, 3.63) is 35.4 Å². The minimum absolute atomic E-state index is 0.296. The Balaban J connectivity index is 1.60. The molecular weight excluding hydrogens is 288 g/mol. The number of benzene rings is 1. The number of hydrogen-bond acceptors (Lipinski definition) is 3. The van der Waals surface area contributed by atoms with Crippen LogP contribution < -0.4 is 0 Å². The molecule has 0 bridgehead atoms. The second-order valence-corrected chi connectivity index (χ2v) is 6.97. The number of ether oxygens (including phenoxy) is 1. The van der Waals surface area contributed by atoms with Crippen molar-refractivity contribution in [3.63, 3.8) is 0 Å².